The number of hydrogen-bond donors (Lipinski definition) is 1. The minimum absolute atomic E-state index is 0.775. The van der Waals surface area contributed by atoms with Crippen LogP contribution >= 0.6 is 0 Å². The number of benzene rings is 2. The molecule has 2 aliphatic carbocycles. The Kier molecular flexibility index (Phi) is 3.52. The molecule has 1 saturated carbocycles. The van der Waals surface area contributed by atoms with Crippen molar-refractivity contribution < 1.29 is 0 Å². The first-order valence-corrected chi connectivity index (χ1v) is 8.33. The Morgan fingerprint density at radius 2 is 1.67 bits per heavy atom. The van der Waals surface area contributed by atoms with Gasteiger partial charge in [-0.25, -0.2) is 0 Å². The third-order valence-corrected chi connectivity index (χ3v) is 4.78. The first-order valence-electron chi connectivity index (χ1n) is 8.33. The summed E-state index contributed by atoms with van der Waals surface area (Å²) in [6.45, 7) is 1.00. The minimum Gasteiger partial charge on any atom is -0.310 e. The molecule has 0 aromatic heterocycles. The zero-order valence-electron chi connectivity index (χ0n) is 12.6. The van der Waals surface area contributed by atoms with Crippen molar-refractivity contribution in [3.63, 3.8) is 0 Å². The normalized spacial score (nSPS) is 17.5. The number of aryl methyl sites for hydroxylation is 2. The van der Waals surface area contributed by atoms with Crippen molar-refractivity contribution in [2.75, 3.05) is 0 Å². The van der Waals surface area contributed by atoms with E-state index in [1.54, 1.807) is 11.1 Å². The summed E-state index contributed by atoms with van der Waals surface area (Å²) in [5.41, 5.74) is 7.27. The van der Waals surface area contributed by atoms with Crippen LogP contribution in [0.15, 0.2) is 42.5 Å². The molecule has 1 fully saturated rings. The summed E-state index contributed by atoms with van der Waals surface area (Å²) in [7, 11) is 0. The lowest BCUT2D eigenvalue weighted by atomic mass is 9.89. The smallest absolute Gasteiger partial charge is 0.0208 e. The summed E-state index contributed by atoms with van der Waals surface area (Å²) in [6.07, 6.45) is 7.93. The Bertz CT molecular complexity index is 640. The van der Waals surface area contributed by atoms with Crippen LogP contribution < -0.4 is 5.32 Å². The molecule has 0 heterocycles. The molecule has 21 heavy (non-hydrogen) atoms. The first kappa shape index (κ1) is 13.1. The number of hydrogen-bond acceptors (Lipinski definition) is 1. The van der Waals surface area contributed by atoms with Crippen LogP contribution in [-0.2, 0) is 19.4 Å². The molecule has 0 aliphatic heterocycles. The van der Waals surface area contributed by atoms with Crippen LogP contribution in [-0.4, -0.2) is 6.04 Å². The Morgan fingerprint density at radius 1 is 0.857 bits per heavy atom. The van der Waals surface area contributed by atoms with E-state index in [-0.39, 0.29) is 0 Å². The average Bonchev–Trinajstić information content (AvgIpc) is 3.37. The van der Waals surface area contributed by atoms with Gasteiger partial charge in [0.2, 0.25) is 0 Å². The third-order valence-electron chi connectivity index (χ3n) is 4.78. The highest BCUT2D eigenvalue weighted by Gasteiger charge is 2.19. The Balaban J connectivity index is 1.58. The maximum absolute atomic E-state index is 3.60. The first-order chi connectivity index (χ1) is 10.4. The lowest BCUT2D eigenvalue weighted by Gasteiger charge is -2.17. The zero-order valence-corrected chi connectivity index (χ0v) is 12.6. The van der Waals surface area contributed by atoms with Crippen molar-refractivity contribution in [2.45, 2.75) is 51.1 Å². The quantitative estimate of drug-likeness (QED) is 0.868. The van der Waals surface area contributed by atoms with Gasteiger partial charge >= 0.3 is 0 Å². The highest BCUT2D eigenvalue weighted by atomic mass is 14.9. The maximum atomic E-state index is 3.60. The van der Waals surface area contributed by atoms with Gasteiger partial charge in [0.1, 0.15) is 0 Å². The van der Waals surface area contributed by atoms with E-state index in [2.05, 4.69) is 47.8 Å². The zero-order chi connectivity index (χ0) is 14.1. The van der Waals surface area contributed by atoms with Crippen LogP contribution in [0, 0.1) is 0 Å². The molecular formula is C20H23N. The molecular weight excluding hydrogens is 254 g/mol. The fourth-order valence-electron chi connectivity index (χ4n) is 3.32. The van der Waals surface area contributed by atoms with Crippen LogP contribution in [0.1, 0.15) is 42.4 Å². The van der Waals surface area contributed by atoms with Gasteiger partial charge in [0.05, 0.1) is 0 Å². The van der Waals surface area contributed by atoms with Crippen molar-refractivity contribution in [1.82, 2.24) is 5.32 Å². The standard InChI is InChI=1S/C20H23N/c1-2-6-18-13-19(9-8-16(18)5-1)17-7-3-4-15(12-17)14-21-20-10-11-20/h3-4,7-9,12-13,20-21H,1-2,5-6,10-11,14H2. The molecule has 2 aromatic carbocycles. The van der Waals surface area contributed by atoms with E-state index in [0.717, 1.165) is 12.6 Å². The van der Waals surface area contributed by atoms with Crippen molar-refractivity contribution in [1.29, 1.82) is 0 Å². The van der Waals surface area contributed by atoms with Gasteiger partial charge in [0.25, 0.3) is 0 Å². The second-order valence-electron chi connectivity index (χ2n) is 6.55. The molecule has 4 rings (SSSR count). The highest BCUT2D eigenvalue weighted by molar-refractivity contribution is 5.66. The second kappa shape index (κ2) is 5.65. The van der Waals surface area contributed by atoms with Gasteiger partial charge in [-0.2, -0.15) is 0 Å². The van der Waals surface area contributed by atoms with E-state index in [1.807, 2.05) is 0 Å². The lowest BCUT2D eigenvalue weighted by Crippen LogP contribution is -2.15. The molecule has 0 atom stereocenters. The van der Waals surface area contributed by atoms with Gasteiger partial charge in [-0.15, -0.1) is 0 Å². The monoisotopic (exact) mass is 277 g/mol. The Morgan fingerprint density at radius 3 is 2.52 bits per heavy atom. The van der Waals surface area contributed by atoms with E-state index in [1.165, 1.54) is 55.2 Å². The average molecular weight is 277 g/mol. The van der Waals surface area contributed by atoms with E-state index >= 15 is 0 Å². The van der Waals surface area contributed by atoms with Gasteiger partial charge in [-0.05, 0) is 72.4 Å². The van der Waals surface area contributed by atoms with Gasteiger partial charge in [0.15, 0.2) is 0 Å². The maximum Gasteiger partial charge on any atom is 0.0208 e. The van der Waals surface area contributed by atoms with Crippen LogP contribution in [0.5, 0.6) is 0 Å². The van der Waals surface area contributed by atoms with Crippen molar-refractivity contribution in [3.8, 4) is 11.1 Å². The SMILES string of the molecule is c1cc(CNC2CC2)cc(-c2ccc3c(c2)CCCC3)c1. The summed E-state index contributed by atoms with van der Waals surface area (Å²) in [4.78, 5) is 0. The summed E-state index contributed by atoms with van der Waals surface area (Å²) in [5.74, 6) is 0. The predicted octanol–water partition coefficient (Wildman–Crippen LogP) is 4.48. The van der Waals surface area contributed by atoms with E-state index in [0.29, 0.717) is 0 Å². The molecule has 0 spiro atoms. The molecule has 1 nitrogen and oxygen atoms in total. The molecule has 2 aromatic rings. The number of fused-ring (bicyclic) bond motifs is 1. The van der Waals surface area contributed by atoms with Gasteiger partial charge in [0, 0.05) is 12.6 Å². The second-order valence-corrected chi connectivity index (χ2v) is 6.55. The van der Waals surface area contributed by atoms with Gasteiger partial charge in [-0.1, -0.05) is 36.4 Å². The van der Waals surface area contributed by atoms with E-state index < -0.39 is 0 Å². The van der Waals surface area contributed by atoms with Crippen LogP contribution in [0.3, 0.4) is 0 Å². The number of nitrogens with one attached hydrogen (secondary N) is 1. The minimum atomic E-state index is 0.775. The summed E-state index contributed by atoms with van der Waals surface area (Å²) < 4.78 is 0. The molecule has 1 heteroatoms. The third kappa shape index (κ3) is 3.03. The summed E-state index contributed by atoms with van der Waals surface area (Å²) in [5, 5.41) is 3.60. The molecule has 0 amide bonds. The molecule has 1 N–H and O–H groups in total. The van der Waals surface area contributed by atoms with Gasteiger partial charge < -0.3 is 5.32 Å². The van der Waals surface area contributed by atoms with Crippen molar-refractivity contribution in [2.24, 2.45) is 0 Å². The van der Waals surface area contributed by atoms with Gasteiger partial charge in [-0.3, -0.25) is 0 Å². The molecule has 2 aliphatic rings. The topological polar surface area (TPSA) is 12.0 Å². The predicted molar refractivity (Wildman–Crippen MR) is 88.4 cm³/mol. The number of rotatable bonds is 4. The van der Waals surface area contributed by atoms with Crippen molar-refractivity contribution >= 4 is 0 Å². The summed E-state index contributed by atoms with van der Waals surface area (Å²) in [6, 6.07) is 16.9. The fourth-order valence-corrected chi connectivity index (χ4v) is 3.32. The summed E-state index contributed by atoms with van der Waals surface area (Å²) >= 11 is 0. The van der Waals surface area contributed by atoms with Crippen LogP contribution in [0.4, 0.5) is 0 Å². The van der Waals surface area contributed by atoms with Crippen LogP contribution in [0.2, 0.25) is 0 Å². The Hall–Kier alpha value is -1.60. The molecule has 108 valence electrons. The van der Waals surface area contributed by atoms with E-state index in [4.69, 9.17) is 0 Å². The lowest BCUT2D eigenvalue weighted by molar-refractivity contribution is 0.685. The largest absolute Gasteiger partial charge is 0.310 e. The molecule has 0 bridgehead atoms. The highest BCUT2D eigenvalue weighted by Crippen LogP contribution is 2.28. The fraction of sp³-hybridized carbons (Fsp3) is 0.400. The molecule has 0 unspecified atom stereocenters. The molecule has 0 radical (unpaired) electrons. The van der Waals surface area contributed by atoms with Crippen LogP contribution in [0.25, 0.3) is 11.1 Å². The molecule has 0 saturated heterocycles. The van der Waals surface area contributed by atoms with Crippen molar-refractivity contribution in [3.05, 3.63) is 59.2 Å². The Labute approximate surface area is 127 Å². The van der Waals surface area contributed by atoms with E-state index in [9.17, 15) is 0 Å².